The highest BCUT2D eigenvalue weighted by atomic mass is 19.4. The van der Waals surface area contributed by atoms with Crippen molar-refractivity contribution in [3.05, 3.63) is 113 Å². The van der Waals surface area contributed by atoms with Gasteiger partial charge in [0.05, 0.1) is 18.0 Å². The first kappa shape index (κ1) is 27.9. The third kappa shape index (κ3) is 6.09. The molecule has 8 nitrogen and oxygen atoms in total. The van der Waals surface area contributed by atoms with Gasteiger partial charge >= 0.3 is 6.18 Å². The molecule has 2 heterocycles. The summed E-state index contributed by atoms with van der Waals surface area (Å²) in [7, 11) is 0. The summed E-state index contributed by atoms with van der Waals surface area (Å²) in [5.74, 6) is -1.91. The molecule has 5 rings (SSSR count). The highest BCUT2D eigenvalue weighted by Crippen LogP contribution is 2.40. The van der Waals surface area contributed by atoms with Crippen molar-refractivity contribution < 1.29 is 36.3 Å². The van der Waals surface area contributed by atoms with Crippen LogP contribution >= 0.6 is 0 Å². The molecule has 0 saturated carbocycles. The Morgan fingerprint density at radius 1 is 0.976 bits per heavy atom. The summed E-state index contributed by atoms with van der Waals surface area (Å²) in [5, 5.41) is 26.7. The molecule has 1 N–H and O–H groups in total. The van der Waals surface area contributed by atoms with Gasteiger partial charge in [-0.2, -0.15) is 13.2 Å². The van der Waals surface area contributed by atoms with Crippen molar-refractivity contribution in [2.45, 2.75) is 37.8 Å². The number of aromatic nitrogens is 5. The van der Waals surface area contributed by atoms with E-state index < -0.39 is 34.9 Å². The lowest BCUT2D eigenvalue weighted by atomic mass is 9.80. The average Bonchev–Trinajstić information content (AvgIpc) is 3.64. The summed E-state index contributed by atoms with van der Waals surface area (Å²) in [6.07, 6.45) is -3.15. The lowest BCUT2D eigenvalue weighted by Gasteiger charge is -2.33. The van der Waals surface area contributed by atoms with Crippen molar-refractivity contribution in [2.75, 3.05) is 0 Å². The van der Waals surface area contributed by atoms with Gasteiger partial charge in [0.1, 0.15) is 47.4 Å². The predicted molar refractivity (Wildman–Crippen MR) is 134 cm³/mol. The Morgan fingerprint density at radius 2 is 1.71 bits per heavy atom. The van der Waals surface area contributed by atoms with Crippen molar-refractivity contribution in [3.8, 4) is 17.0 Å². The second kappa shape index (κ2) is 11.1. The smallest absolute Gasteiger partial charge is 0.416 e. The standard InChI is InChI=1S/C28H22F5N5O3/c1-17(27(39,15-38-16-34-36-37-38)23-11-8-21(29)12-24(23)30)26-13-25(35-41-26)19-4-9-22(10-5-19)40-14-18-2-6-20(7-3-18)28(31,32)33/h2-13,16-17,39H,14-15H2,1H3/t17-,27+/m0/s1. The summed E-state index contributed by atoms with van der Waals surface area (Å²) in [6, 6.07) is 15.9. The zero-order valence-electron chi connectivity index (χ0n) is 21.4. The average molecular weight is 572 g/mol. The number of ether oxygens (including phenoxy) is 1. The number of hydrogen-bond donors (Lipinski definition) is 1. The maximum atomic E-state index is 14.8. The van der Waals surface area contributed by atoms with Crippen molar-refractivity contribution in [1.82, 2.24) is 25.4 Å². The van der Waals surface area contributed by atoms with Gasteiger partial charge in [0.15, 0.2) is 0 Å². The molecule has 0 aliphatic heterocycles. The van der Waals surface area contributed by atoms with Crippen molar-refractivity contribution in [3.63, 3.8) is 0 Å². The van der Waals surface area contributed by atoms with Gasteiger partial charge in [0, 0.05) is 23.3 Å². The molecule has 3 aromatic carbocycles. The van der Waals surface area contributed by atoms with Crippen LogP contribution in [-0.2, 0) is 24.9 Å². The van der Waals surface area contributed by atoms with Crippen LogP contribution in [0.25, 0.3) is 11.3 Å². The molecule has 0 aliphatic rings. The third-order valence-electron chi connectivity index (χ3n) is 6.70. The van der Waals surface area contributed by atoms with Crippen LogP contribution in [0.1, 0.15) is 35.3 Å². The summed E-state index contributed by atoms with van der Waals surface area (Å²) in [5.41, 5.74) is -1.21. The molecule has 13 heteroatoms. The van der Waals surface area contributed by atoms with Gasteiger partial charge in [-0.05, 0) is 58.5 Å². The van der Waals surface area contributed by atoms with E-state index in [2.05, 4.69) is 20.7 Å². The Balaban J connectivity index is 1.32. The number of benzene rings is 3. The van der Waals surface area contributed by atoms with Crippen LogP contribution in [0.2, 0.25) is 0 Å². The molecule has 0 radical (unpaired) electrons. The fourth-order valence-electron chi connectivity index (χ4n) is 4.34. The van der Waals surface area contributed by atoms with Crippen LogP contribution in [0.4, 0.5) is 22.0 Å². The minimum atomic E-state index is -4.40. The van der Waals surface area contributed by atoms with E-state index in [4.69, 9.17) is 9.26 Å². The number of alkyl halides is 3. The molecule has 0 unspecified atom stereocenters. The molecule has 0 saturated heterocycles. The van der Waals surface area contributed by atoms with Crippen LogP contribution in [0.5, 0.6) is 5.75 Å². The van der Waals surface area contributed by atoms with Crippen LogP contribution < -0.4 is 4.74 Å². The van der Waals surface area contributed by atoms with Gasteiger partial charge in [-0.3, -0.25) is 0 Å². The van der Waals surface area contributed by atoms with E-state index in [9.17, 15) is 27.1 Å². The number of rotatable bonds is 9. The number of aliphatic hydroxyl groups is 1. The van der Waals surface area contributed by atoms with E-state index in [1.807, 2.05) is 0 Å². The Bertz CT molecular complexity index is 1610. The number of hydrogen-bond acceptors (Lipinski definition) is 7. The number of nitrogens with zero attached hydrogens (tertiary/aromatic N) is 5. The van der Waals surface area contributed by atoms with Gasteiger partial charge in [0.2, 0.25) is 0 Å². The zero-order valence-corrected chi connectivity index (χ0v) is 21.4. The topological polar surface area (TPSA) is 99.1 Å². The molecule has 0 spiro atoms. The minimum absolute atomic E-state index is 0.0723. The van der Waals surface area contributed by atoms with Crippen molar-refractivity contribution in [1.29, 1.82) is 0 Å². The molecule has 212 valence electrons. The Labute approximate surface area is 230 Å². The molecule has 0 amide bonds. The monoisotopic (exact) mass is 571 g/mol. The van der Waals surface area contributed by atoms with Gasteiger partial charge in [0.25, 0.3) is 0 Å². The number of halogens is 5. The largest absolute Gasteiger partial charge is 0.489 e. The maximum Gasteiger partial charge on any atom is 0.416 e. The summed E-state index contributed by atoms with van der Waals surface area (Å²) >= 11 is 0. The quantitative estimate of drug-likeness (QED) is 0.220. The van der Waals surface area contributed by atoms with Crippen LogP contribution in [-0.4, -0.2) is 30.5 Å². The van der Waals surface area contributed by atoms with Crippen molar-refractivity contribution >= 4 is 0 Å². The van der Waals surface area contributed by atoms with Gasteiger partial charge in [-0.1, -0.05) is 30.3 Å². The molecule has 0 bridgehead atoms. The molecule has 2 atom stereocenters. The molecule has 0 fully saturated rings. The van der Waals surface area contributed by atoms with Crippen LogP contribution in [0, 0.1) is 11.6 Å². The van der Waals surface area contributed by atoms with E-state index >= 15 is 0 Å². The fourth-order valence-corrected chi connectivity index (χ4v) is 4.34. The van der Waals surface area contributed by atoms with E-state index in [1.54, 1.807) is 37.3 Å². The number of tetrazole rings is 1. The molecular formula is C28H22F5N5O3. The first-order chi connectivity index (χ1) is 19.5. The van der Waals surface area contributed by atoms with Gasteiger partial charge in [-0.15, -0.1) is 5.10 Å². The first-order valence-corrected chi connectivity index (χ1v) is 12.3. The van der Waals surface area contributed by atoms with E-state index in [-0.39, 0.29) is 24.5 Å². The van der Waals surface area contributed by atoms with E-state index in [1.165, 1.54) is 23.1 Å². The molecule has 0 aliphatic carbocycles. The summed E-state index contributed by atoms with van der Waals surface area (Å²) < 4.78 is 79.1. The zero-order chi connectivity index (χ0) is 29.2. The van der Waals surface area contributed by atoms with Crippen molar-refractivity contribution in [2.24, 2.45) is 0 Å². The minimum Gasteiger partial charge on any atom is -0.489 e. The first-order valence-electron chi connectivity index (χ1n) is 12.3. The lowest BCUT2D eigenvalue weighted by molar-refractivity contribution is -0.137. The maximum absolute atomic E-state index is 14.8. The normalized spacial score (nSPS) is 14.0. The Morgan fingerprint density at radius 3 is 2.34 bits per heavy atom. The summed E-state index contributed by atoms with van der Waals surface area (Å²) in [4.78, 5) is 0. The SMILES string of the molecule is C[C@@H](c1cc(-c2ccc(OCc3ccc(C(F)(F)F)cc3)cc2)no1)[C@](O)(Cn1cnnn1)c1ccc(F)cc1F. The van der Waals surface area contributed by atoms with Crippen LogP contribution in [0.15, 0.2) is 83.6 Å². The molecule has 5 aromatic rings. The second-order valence-corrected chi connectivity index (χ2v) is 9.40. The van der Waals surface area contributed by atoms with E-state index in [0.29, 0.717) is 28.6 Å². The fraction of sp³-hybridized carbons (Fsp3) is 0.214. The molecule has 2 aromatic heterocycles. The van der Waals surface area contributed by atoms with Gasteiger partial charge in [-0.25, -0.2) is 13.5 Å². The summed E-state index contributed by atoms with van der Waals surface area (Å²) in [6.45, 7) is 1.42. The molecule has 41 heavy (non-hydrogen) atoms. The Hall–Kier alpha value is -4.65. The predicted octanol–water partition coefficient (Wildman–Crippen LogP) is 5.90. The molecular weight excluding hydrogens is 549 g/mol. The highest BCUT2D eigenvalue weighted by molar-refractivity contribution is 5.60. The van der Waals surface area contributed by atoms with E-state index in [0.717, 1.165) is 24.3 Å². The second-order valence-electron chi connectivity index (χ2n) is 9.40. The van der Waals surface area contributed by atoms with Crippen LogP contribution in [0.3, 0.4) is 0 Å². The lowest BCUT2D eigenvalue weighted by Crippen LogP contribution is -2.38. The highest BCUT2D eigenvalue weighted by Gasteiger charge is 2.42. The van der Waals surface area contributed by atoms with Gasteiger partial charge < -0.3 is 14.4 Å². The Kier molecular flexibility index (Phi) is 7.54. The third-order valence-corrected chi connectivity index (χ3v) is 6.70.